The van der Waals surface area contributed by atoms with Gasteiger partial charge in [-0.3, -0.25) is 4.79 Å². The molecule has 27 heavy (non-hydrogen) atoms. The van der Waals surface area contributed by atoms with Crippen LogP contribution in [-0.4, -0.2) is 23.1 Å². The van der Waals surface area contributed by atoms with Gasteiger partial charge >= 0.3 is 18.3 Å². The number of anilines is 1. The fourth-order valence-corrected chi connectivity index (χ4v) is 2.98. The van der Waals surface area contributed by atoms with E-state index in [2.05, 4.69) is 0 Å². The maximum absolute atomic E-state index is 13.0. The van der Waals surface area contributed by atoms with E-state index < -0.39 is 41.0 Å². The largest absolute Gasteiger partial charge is 0.460 e. The molecule has 1 heterocycles. The molecule has 150 valence electrons. The van der Waals surface area contributed by atoms with Gasteiger partial charge in [0.2, 0.25) is 0 Å². The average Bonchev–Trinajstić information content (AvgIpc) is 2.85. The Balaban J connectivity index is 2.37. The van der Waals surface area contributed by atoms with Crippen molar-refractivity contribution in [1.29, 1.82) is 0 Å². The van der Waals surface area contributed by atoms with Gasteiger partial charge in [-0.15, -0.1) is 0 Å². The van der Waals surface area contributed by atoms with Crippen molar-refractivity contribution in [2.45, 2.75) is 45.1 Å². The van der Waals surface area contributed by atoms with Crippen LogP contribution in [0.25, 0.3) is 0 Å². The molecule has 0 aromatic heterocycles. The highest BCUT2D eigenvalue weighted by Crippen LogP contribution is 2.39. The molecule has 0 bridgehead atoms. The minimum absolute atomic E-state index is 0.0157. The monoisotopic (exact) mass is 413 g/mol. The van der Waals surface area contributed by atoms with Crippen LogP contribution in [0.1, 0.15) is 38.3 Å². The van der Waals surface area contributed by atoms with Gasteiger partial charge < -0.3 is 9.64 Å². The maximum Gasteiger partial charge on any atom is 0.416 e. The first-order valence-corrected chi connectivity index (χ1v) is 8.31. The molecule has 10 heteroatoms. The van der Waals surface area contributed by atoms with E-state index in [9.17, 15) is 31.1 Å². The second-order valence-corrected chi connectivity index (χ2v) is 7.67. The molecule has 0 N–H and O–H groups in total. The van der Waals surface area contributed by atoms with Gasteiger partial charge in [-0.05, 0) is 39.0 Å². The molecule has 1 atom stereocenters. The Bertz CT molecular complexity index is 719. The second-order valence-electron chi connectivity index (χ2n) is 7.20. The quantitative estimate of drug-likeness (QED) is 0.378. The predicted octanol–water partition coefficient (Wildman–Crippen LogP) is 5.22. The van der Waals surface area contributed by atoms with E-state index in [1.807, 2.05) is 0 Å². The molecule has 0 amide bonds. The fraction of sp³-hybridized carbons (Fsp3) is 0.529. The lowest BCUT2D eigenvalue weighted by Crippen LogP contribution is -2.31. The molecule has 1 aliphatic rings. The third kappa shape index (κ3) is 5.33. The number of carbonyl (C=O) groups is 1. The third-order valence-electron chi connectivity index (χ3n) is 3.75. The van der Waals surface area contributed by atoms with Crippen molar-refractivity contribution < 1.29 is 35.9 Å². The standard InChI is InChI=1S/C17H17F6NO2S/c1-15(2,3)26-14(25)9-4-13(27)24(8-9)12-6-10(16(18,19)20)5-11(7-12)17(21,22)23/h5-7,9H,4,8H2,1-3H3. The highest BCUT2D eigenvalue weighted by molar-refractivity contribution is 7.80. The Morgan fingerprint density at radius 2 is 1.52 bits per heavy atom. The van der Waals surface area contributed by atoms with Crippen molar-refractivity contribution >= 4 is 28.9 Å². The molecule has 0 saturated carbocycles. The van der Waals surface area contributed by atoms with E-state index >= 15 is 0 Å². The molecule has 0 spiro atoms. The molecular weight excluding hydrogens is 396 g/mol. The number of thiocarbonyl (C=S) groups is 1. The summed E-state index contributed by atoms with van der Waals surface area (Å²) in [4.78, 5) is 13.4. The van der Waals surface area contributed by atoms with Gasteiger partial charge in [-0.25, -0.2) is 0 Å². The van der Waals surface area contributed by atoms with Crippen LogP contribution >= 0.6 is 12.2 Å². The van der Waals surface area contributed by atoms with E-state index in [1.54, 1.807) is 20.8 Å². The highest BCUT2D eigenvalue weighted by Gasteiger charge is 2.40. The molecule has 1 saturated heterocycles. The van der Waals surface area contributed by atoms with E-state index in [0.29, 0.717) is 12.1 Å². The first-order chi connectivity index (χ1) is 12.1. The Hall–Kier alpha value is -1.84. The summed E-state index contributed by atoms with van der Waals surface area (Å²) >= 11 is 5.09. The number of hydrogen-bond acceptors (Lipinski definition) is 3. The van der Waals surface area contributed by atoms with Crippen LogP contribution in [0, 0.1) is 5.92 Å². The molecule has 0 aliphatic carbocycles. The summed E-state index contributed by atoms with van der Waals surface area (Å²) in [6.07, 6.45) is -9.90. The van der Waals surface area contributed by atoms with Gasteiger partial charge in [-0.2, -0.15) is 26.3 Å². The van der Waals surface area contributed by atoms with Gasteiger partial charge in [-0.1, -0.05) is 12.2 Å². The summed E-state index contributed by atoms with van der Waals surface area (Å²) in [5.74, 6) is -1.36. The third-order valence-corrected chi connectivity index (χ3v) is 4.14. The minimum atomic E-state index is -4.96. The lowest BCUT2D eigenvalue weighted by atomic mass is 10.1. The van der Waals surface area contributed by atoms with Crippen molar-refractivity contribution in [3.05, 3.63) is 29.3 Å². The second kappa shape index (κ2) is 6.96. The number of nitrogens with zero attached hydrogens (tertiary/aromatic N) is 1. The smallest absolute Gasteiger partial charge is 0.416 e. The van der Waals surface area contributed by atoms with E-state index in [1.165, 1.54) is 0 Å². The number of hydrogen-bond donors (Lipinski definition) is 0. The fourth-order valence-electron chi connectivity index (χ4n) is 2.59. The lowest BCUT2D eigenvalue weighted by Gasteiger charge is -2.23. The Kier molecular flexibility index (Phi) is 5.53. The van der Waals surface area contributed by atoms with Crippen molar-refractivity contribution in [3.63, 3.8) is 0 Å². The molecule has 0 radical (unpaired) electrons. The van der Waals surface area contributed by atoms with Gasteiger partial charge in [0.15, 0.2) is 0 Å². The number of ether oxygens (including phenoxy) is 1. The molecule has 1 aromatic carbocycles. The highest BCUT2D eigenvalue weighted by atomic mass is 32.1. The van der Waals surface area contributed by atoms with Crippen LogP contribution in [0.5, 0.6) is 0 Å². The van der Waals surface area contributed by atoms with Gasteiger partial charge in [0.05, 0.1) is 22.0 Å². The summed E-state index contributed by atoms with van der Waals surface area (Å²) < 4.78 is 83.3. The molecule has 2 rings (SSSR count). The average molecular weight is 413 g/mol. The number of carbonyl (C=O) groups excluding carboxylic acids is 1. The van der Waals surface area contributed by atoms with Crippen molar-refractivity contribution in [1.82, 2.24) is 0 Å². The Morgan fingerprint density at radius 3 is 1.93 bits per heavy atom. The SMILES string of the molecule is CC(C)(C)OC(=O)C1CC(=S)N(c2cc(C(F)(F)F)cc(C(F)(F)F)c2)C1. The molecule has 1 aliphatic heterocycles. The van der Waals surface area contributed by atoms with Crippen LogP contribution in [0.3, 0.4) is 0 Å². The number of alkyl halides is 6. The molecular formula is C17H17F6NO2S. The summed E-state index contributed by atoms with van der Waals surface area (Å²) in [7, 11) is 0. The zero-order valence-electron chi connectivity index (χ0n) is 14.7. The first kappa shape index (κ1) is 21.5. The van der Waals surface area contributed by atoms with Gasteiger partial charge in [0.25, 0.3) is 0 Å². The van der Waals surface area contributed by atoms with Crippen LogP contribution in [0.4, 0.5) is 32.0 Å². The summed E-state index contributed by atoms with van der Waals surface area (Å²) in [6, 6.07) is 1.24. The predicted molar refractivity (Wildman–Crippen MR) is 90.3 cm³/mol. The maximum atomic E-state index is 13.0. The zero-order chi connectivity index (χ0) is 20.8. The summed E-state index contributed by atoms with van der Waals surface area (Å²) in [5.41, 5.74) is -3.99. The number of benzene rings is 1. The van der Waals surface area contributed by atoms with Crippen LogP contribution in [0.15, 0.2) is 18.2 Å². The number of esters is 1. The number of rotatable bonds is 2. The lowest BCUT2D eigenvalue weighted by molar-refractivity contribution is -0.159. The van der Waals surface area contributed by atoms with Crippen molar-refractivity contribution in [3.8, 4) is 0 Å². The van der Waals surface area contributed by atoms with Crippen LogP contribution in [0.2, 0.25) is 0 Å². The molecule has 1 aromatic rings. The molecule has 1 unspecified atom stereocenters. The Labute approximate surface area is 157 Å². The van der Waals surface area contributed by atoms with Crippen LogP contribution < -0.4 is 4.90 Å². The normalized spacial score (nSPS) is 18.8. The van der Waals surface area contributed by atoms with Gasteiger partial charge in [0, 0.05) is 18.7 Å². The first-order valence-electron chi connectivity index (χ1n) is 7.90. The molecule has 3 nitrogen and oxygen atoms in total. The van der Waals surface area contributed by atoms with Crippen molar-refractivity contribution in [2.75, 3.05) is 11.4 Å². The van der Waals surface area contributed by atoms with Crippen LogP contribution in [-0.2, 0) is 21.9 Å². The van der Waals surface area contributed by atoms with Crippen molar-refractivity contribution in [2.24, 2.45) is 5.92 Å². The topological polar surface area (TPSA) is 29.5 Å². The number of halogens is 6. The molecule has 1 fully saturated rings. The Morgan fingerprint density at radius 1 is 1.04 bits per heavy atom. The van der Waals surface area contributed by atoms with E-state index in [0.717, 1.165) is 4.90 Å². The minimum Gasteiger partial charge on any atom is -0.460 e. The van der Waals surface area contributed by atoms with E-state index in [-0.39, 0.29) is 29.7 Å². The summed E-state index contributed by atoms with van der Waals surface area (Å²) in [5, 5.41) is 0. The van der Waals surface area contributed by atoms with E-state index in [4.69, 9.17) is 17.0 Å². The summed E-state index contributed by atoms with van der Waals surface area (Å²) in [6.45, 7) is 4.81. The zero-order valence-corrected chi connectivity index (χ0v) is 15.5. The van der Waals surface area contributed by atoms with Gasteiger partial charge in [0.1, 0.15) is 5.60 Å².